The van der Waals surface area contributed by atoms with Crippen LogP contribution in [-0.2, 0) is 6.42 Å². The fraction of sp³-hybridized carbons (Fsp3) is 0.600. The molecule has 5 heteroatoms. The molecule has 0 aliphatic carbocycles. The Morgan fingerprint density at radius 3 is 3.13 bits per heavy atom. The molecule has 1 aliphatic rings. The van der Waals surface area contributed by atoms with Gasteiger partial charge in [0.15, 0.2) is 0 Å². The number of hydrogen-bond acceptors (Lipinski definition) is 3. The van der Waals surface area contributed by atoms with Crippen LogP contribution in [0.1, 0.15) is 18.5 Å². The van der Waals surface area contributed by atoms with Gasteiger partial charge in [0.1, 0.15) is 5.02 Å². The van der Waals surface area contributed by atoms with E-state index in [-0.39, 0.29) is 10.6 Å². The highest BCUT2D eigenvalue weighted by molar-refractivity contribution is 6.30. The molecule has 1 atom stereocenters. The maximum absolute atomic E-state index is 11.0. The normalized spacial score (nSPS) is 22.1. The molecule has 2 rings (SSSR count). The second-order valence-corrected chi connectivity index (χ2v) is 4.42. The minimum absolute atomic E-state index is 0.223. The summed E-state index contributed by atoms with van der Waals surface area (Å²) < 4.78 is 0. The highest BCUT2D eigenvalue weighted by Gasteiger charge is 2.21. The van der Waals surface area contributed by atoms with Crippen molar-refractivity contribution in [3.05, 3.63) is 27.1 Å². The summed E-state index contributed by atoms with van der Waals surface area (Å²) in [7, 11) is 2.12. The topological polar surface area (TPSA) is 49.0 Å². The molecule has 0 amide bonds. The molecule has 0 spiro atoms. The van der Waals surface area contributed by atoms with Gasteiger partial charge in [0.25, 0.3) is 5.56 Å². The van der Waals surface area contributed by atoms with Gasteiger partial charge >= 0.3 is 0 Å². The Kier molecular flexibility index (Phi) is 3.07. The molecule has 0 saturated carbocycles. The number of rotatable bonds is 2. The van der Waals surface area contributed by atoms with Gasteiger partial charge in [-0.3, -0.25) is 4.79 Å². The van der Waals surface area contributed by atoms with E-state index < -0.39 is 0 Å². The number of nitrogens with zero attached hydrogens (tertiary/aromatic N) is 2. The first-order valence-electron chi connectivity index (χ1n) is 5.11. The van der Waals surface area contributed by atoms with Crippen LogP contribution in [0, 0.1) is 0 Å². The predicted octanol–water partition coefficient (Wildman–Crippen LogP) is 1.06. The molecular formula is C10H14ClN3O. The zero-order valence-corrected chi connectivity index (χ0v) is 9.42. The van der Waals surface area contributed by atoms with Crippen molar-refractivity contribution in [1.29, 1.82) is 0 Å². The smallest absolute Gasteiger partial charge is 0.282 e. The number of nitrogens with one attached hydrogen (secondary N) is 1. The molecule has 1 aromatic heterocycles. The van der Waals surface area contributed by atoms with Crippen molar-refractivity contribution >= 4 is 11.6 Å². The van der Waals surface area contributed by atoms with Gasteiger partial charge < -0.3 is 4.90 Å². The molecule has 4 nitrogen and oxygen atoms in total. The summed E-state index contributed by atoms with van der Waals surface area (Å²) in [6.45, 7) is 1.14. The monoisotopic (exact) mass is 227 g/mol. The van der Waals surface area contributed by atoms with Crippen LogP contribution in [0.15, 0.2) is 10.9 Å². The Bertz CT molecular complexity index is 404. The Labute approximate surface area is 93.2 Å². The molecule has 82 valence electrons. The number of aromatic nitrogens is 2. The van der Waals surface area contributed by atoms with Crippen LogP contribution in [0.5, 0.6) is 0 Å². The van der Waals surface area contributed by atoms with Crippen LogP contribution >= 0.6 is 11.6 Å². The van der Waals surface area contributed by atoms with Crippen LogP contribution in [0.2, 0.25) is 5.02 Å². The van der Waals surface area contributed by atoms with E-state index >= 15 is 0 Å². The third-order valence-corrected chi connectivity index (χ3v) is 3.21. The van der Waals surface area contributed by atoms with Gasteiger partial charge in [-0.15, -0.1) is 0 Å². The van der Waals surface area contributed by atoms with Gasteiger partial charge in [-0.2, -0.15) is 5.10 Å². The standard InChI is InChI=1S/C10H14ClN3O/c1-14-4-2-3-8(14)5-7-6-9(11)10(15)13-12-7/h6,8H,2-5H2,1H3,(H,13,15). The summed E-state index contributed by atoms with van der Waals surface area (Å²) in [6, 6.07) is 2.19. The van der Waals surface area contributed by atoms with Crippen LogP contribution in [0.4, 0.5) is 0 Å². The lowest BCUT2D eigenvalue weighted by Crippen LogP contribution is -2.27. The van der Waals surface area contributed by atoms with Crippen molar-refractivity contribution in [1.82, 2.24) is 15.1 Å². The van der Waals surface area contributed by atoms with E-state index in [2.05, 4.69) is 22.1 Å². The van der Waals surface area contributed by atoms with Crippen LogP contribution in [0.3, 0.4) is 0 Å². The van der Waals surface area contributed by atoms with Crippen molar-refractivity contribution < 1.29 is 0 Å². The first-order chi connectivity index (χ1) is 7.16. The average Bonchev–Trinajstić information content (AvgIpc) is 2.59. The fourth-order valence-corrected chi connectivity index (χ4v) is 2.17. The summed E-state index contributed by atoms with van der Waals surface area (Å²) in [6.07, 6.45) is 3.28. The number of aromatic amines is 1. The maximum atomic E-state index is 11.0. The Morgan fingerprint density at radius 2 is 2.53 bits per heavy atom. The number of halogens is 1. The molecule has 1 aliphatic heterocycles. The van der Waals surface area contributed by atoms with E-state index in [1.54, 1.807) is 6.07 Å². The summed E-state index contributed by atoms with van der Waals surface area (Å²) in [5.41, 5.74) is 0.540. The summed E-state index contributed by atoms with van der Waals surface area (Å²) in [4.78, 5) is 13.3. The zero-order chi connectivity index (χ0) is 10.8. The molecule has 15 heavy (non-hydrogen) atoms. The molecule has 1 unspecified atom stereocenters. The summed E-state index contributed by atoms with van der Waals surface area (Å²) in [5.74, 6) is 0. The van der Waals surface area contributed by atoms with Crippen LogP contribution in [0.25, 0.3) is 0 Å². The molecule has 1 saturated heterocycles. The minimum Gasteiger partial charge on any atom is -0.303 e. The van der Waals surface area contributed by atoms with Gasteiger partial charge in [-0.1, -0.05) is 11.6 Å². The number of H-pyrrole nitrogens is 1. The highest BCUT2D eigenvalue weighted by atomic mass is 35.5. The van der Waals surface area contributed by atoms with E-state index in [9.17, 15) is 4.79 Å². The highest BCUT2D eigenvalue weighted by Crippen LogP contribution is 2.18. The van der Waals surface area contributed by atoms with Gasteiger partial charge in [0, 0.05) is 12.5 Å². The summed E-state index contributed by atoms with van der Waals surface area (Å²) >= 11 is 5.74. The van der Waals surface area contributed by atoms with Crippen molar-refractivity contribution in [2.24, 2.45) is 0 Å². The van der Waals surface area contributed by atoms with E-state index in [4.69, 9.17) is 11.6 Å². The largest absolute Gasteiger partial charge is 0.303 e. The number of hydrogen-bond donors (Lipinski definition) is 1. The van der Waals surface area contributed by atoms with Gasteiger partial charge in [-0.05, 0) is 32.5 Å². The van der Waals surface area contributed by atoms with Crippen molar-refractivity contribution in [2.75, 3.05) is 13.6 Å². The second kappa shape index (κ2) is 4.33. The first kappa shape index (κ1) is 10.6. The maximum Gasteiger partial charge on any atom is 0.282 e. The number of likely N-dealkylation sites (tertiary alicyclic amines) is 1. The predicted molar refractivity (Wildman–Crippen MR) is 59.2 cm³/mol. The molecule has 1 fully saturated rings. The molecular weight excluding hydrogens is 214 g/mol. The van der Waals surface area contributed by atoms with Gasteiger partial charge in [0.05, 0.1) is 5.69 Å². The van der Waals surface area contributed by atoms with Gasteiger partial charge in [0.2, 0.25) is 0 Å². The van der Waals surface area contributed by atoms with E-state index in [1.165, 1.54) is 12.8 Å². The lowest BCUT2D eigenvalue weighted by Gasteiger charge is -2.18. The van der Waals surface area contributed by atoms with Crippen molar-refractivity contribution in [2.45, 2.75) is 25.3 Å². The third kappa shape index (κ3) is 2.38. The summed E-state index contributed by atoms with van der Waals surface area (Å²) in [5, 5.41) is 6.61. The lowest BCUT2D eigenvalue weighted by molar-refractivity contribution is 0.307. The molecule has 0 aromatic carbocycles. The zero-order valence-electron chi connectivity index (χ0n) is 8.66. The Balaban J connectivity index is 2.10. The second-order valence-electron chi connectivity index (χ2n) is 4.02. The quantitative estimate of drug-likeness (QED) is 0.822. The van der Waals surface area contributed by atoms with Crippen LogP contribution < -0.4 is 5.56 Å². The molecule has 1 aromatic rings. The average molecular weight is 228 g/mol. The van der Waals surface area contributed by atoms with Crippen molar-refractivity contribution in [3.63, 3.8) is 0 Å². The Hall–Kier alpha value is -0.870. The molecule has 0 bridgehead atoms. The lowest BCUT2D eigenvalue weighted by atomic mass is 10.1. The van der Waals surface area contributed by atoms with Gasteiger partial charge in [-0.25, -0.2) is 5.10 Å². The minimum atomic E-state index is -0.319. The Morgan fingerprint density at radius 1 is 1.73 bits per heavy atom. The third-order valence-electron chi connectivity index (χ3n) is 2.93. The van der Waals surface area contributed by atoms with Crippen LogP contribution in [-0.4, -0.2) is 34.7 Å². The molecule has 0 radical (unpaired) electrons. The first-order valence-corrected chi connectivity index (χ1v) is 5.49. The number of likely N-dealkylation sites (N-methyl/N-ethyl adjacent to an activating group) is 1. The van der Waals surface area contributed by atoms with E-state index in [0.717, 1.165) is 18.7 Å². The molecule has 1 N–H and O–H groups in total. The van der Waals surface area contributed by atoms with E-state index in [1.807, 2.05) is 0 Å². The van der Waals surface area contributed by atoms with Crippen molar-refractivity contribution in [3.8, 4) is 0 Å². The van der Waals surface area contributed by atoms with E-state index in [0.29, 0.717) is 6.04 Å². The SMILES string of the molecule is CN1CCCC1Cc1cc(Cl)c(=O)[nH]n1. The molecule has 2 heterocycles. The fourth-order valence-electron chi connectivity index (χ4n) is 2.00.